The molecule has 1 saturated carbocycles. The van der Waals surface area contributed by atoms with E-state index in [0.717, 1.165) is 38.8 Å². The Balaban J connectivity index is 1.43. The van der Waals surface area contributed by atoms with Crippen molar-refractivity contribution in [2.24, 2.45) is 11.8 Å². The summed E-state index contributed by atoms with van der Waals surface area (Å²) < 4.78 is 16.4. The number of ether oxygens (including phenoxy) is 3. The SMILES string of the molecule is C=C(CC(=O)OC1CCCOCC1)C(=O)O[C@H]1[C@@H]2CC[C@H]1CNC2. The summed E-state index contributed by atoms with van der Waals surface area (Å²) in [5.74, 6) is -0.0889. The Bertz CT molecular complexity index is 468. The highest BCUT2D eigenvalue weighted by Gasteiger charge is 2.41. The molecular formula is C18H27NO5. The predicted molar refractivity (Wildman–Crippen MR) is 87.3 cm³/mol. The van der Waals surface area contributed by atoms with Crippen molar-refractivity contribution in [2.75, 3.05) is 26.3 Å². The van der Waals surface area contributed by atoms with Crippen molar-refractivity contribution in [1.82, 2.24) is 5.32 Å². The first kappa shape index (κ1) is 17.4. The molecule has 2 heterocycles. The fraction of sp³-hybridized carbons (Fsp3) is 0.778. The second-order valence-corrected chi connectivity index (χ2v) is 7.06. The van der Waals surface area contributed by atoms with Gasteiger partial charge in [0, 0.05) is 43.5 Å². The van der Waals surface area contributed by atoms with Gasteiger partial charge in [0.25, 0.3) is 0 Å². The van der Waals surface area contributed by atoms with Crippen molar-refractivity contribution < 1.29 is 23.8 Å². The molecule has 1 unspecified atom stereocenters. The van der Waals surface area contributed by atoms with Gasteiger partial charge in [0.1, 0.15) is 12.2 Å². The highest BCUT2D eigenvalue weighted by molar-refractivity contribution is 5.93. The molecule has 6 nitrogen and oxygen atoms in total. The summed E-state index contributed by atoms with van der Waals surface area (Å²) in [5.41, 5.74) is 0.183. The average molecular weight is 337 g/mol. The van der Waals surface area contributed by atoms with Crippen LogP contribution in [0.5, 0.6) is 0 Å². The van der Waals surface area contributed by atoms with Crippen molar-refractivity contribution in [3.05, 3.63) is 12.2 Å². The molecule has 2 bridgehead atoms. The van der Waals surface area contributed by atoms with Crippen LogP contribution in [0, 0.1) is 11.8 Å². The number of fused-ring (bicyclic) bond motifs is 2. The molecule has 1 aliphatic carbocycles. The van der Waals surface area contributed by atoms with Crippen LogP contribution in [-0.4, -0.2) is 50.4 Å². The Hall–Kier alpha value is -1.40. The predicted octanol–water partition coefficient (Wildman–Crippen LogP) is 1.59. The Morgan fingerprint density at radius 1 is 1.04 bits per heavy atom. The molecule has 4 atom stereocenters. The van der Waals surface area contributed by atoms with Crippen molar-refractivity contribution in [1.29, 1.82) is 0 Å². The van der Waals surface area contributed by atoms with E-state index < -0.39 is 11.9 Å². The van der Waals surface area contributed by atoms with Gasteiger partial charge in [-0.3, -0.25) is 4.79 Å². The Morgan fingerprint density at radius 3 is 2.54 bits per heavy atom. The zero-order valence-corrected chi connectivity index (χ0v) is 14.1. The van der Waals surface area contributed by atoms with Gasteiger partial charge in [0.05, 0.1) is 13.0 Å². The van der Waals surface area contributed by atoms with Crippen LogP contribution in [0.15, 0.2) is 12.2 Å². The largest absolute Gasteiger partial charge is 0.462 e. The first-order valence-electron chi connectivity index (χ1n) is 9.00. The van der Waals surface area contributed by atoms with E-state index in [9.17, 15) is 9.59 Å². The lowest BCUT2D eigenvalue weighted by Gasteiger charge is -2.30. The van der Waals surface area contributed by atoms with Gasteiger partial charge in [-0.1, -0.05) is 6.58 Å². The molecule has 2 saturated heterocycles. The summed E-state index contributed by atoms with van der Waals surface area (Å²) in [6.07, 6.45) is 4.33. The number of rotatable bonds is 5. The molecule has 0 amide bonds. The summed E-state index contributed by atoms with van der Waals surface area (Å²) in [6, 6.07) is 0. The lowest BCUT2D eigenvalue weighted by molar-refractivity contribution is -0.154. The summed E-state index contributed by atoms with van der Waals surface area (Å²) >= 11 is 0. The van der Waals surface area contributed by atoms with E-state index in [-0.39, 0.29) is 24.2 Å². The lowest BCUT2D eigenvalue weighted by atomic mass is 9.96. The van der Waals surface area contributed by atoms with Gasteiger partial charge in [-0.25, -0.2) is 4.79 Å². The normalized spacial score (nSPS) is 32.7. The molecule has 24 heavy (non-hydrogen) atoms. The van der Waals surface area contributed by atoms with Crippen LogP contribution in [0.2, 0.25) is 0 Å². The van der Waals surface area contributed by atoms with Crippen LogP contribution in [0.4, 0.5) is 0 Å². The highest BCUT2D eigenvalue weighted by atomic mass is 16.6. The first-order valence-corrected chi connectivity index (χ1v) is 9.00. The van der Waals surface area contributed by atoms with Crippen molar-refractivity contribution in [3.8, 4) is 0 Å². The fourth-order valence-electron chi connectivity index (χ4n) is 3.90. The molecule has 0 aromatic rings. The first-order chi connectivity index (χ1) is 11.6. The third-order valence-corrected chi connectivity index (χ3v) is 5.24. The smallest absolute Gasteiger partial charge is 0.334 e. The topological polar surface area (TPSA) is 73.9 Å². The van der Waals surface area contributed by atoms with Crippen LogP contribution in [0.1, 0.15) is 38.5 Å². The number of carbonyl (C=O) groups is 2. The van der Waals surface area contributed by atoms with Crippen LogP contribution in [0.25, 0.3) is 0 Å². The van der Waals surface area contributed by atoms with E-state index in [4.69, 9.17) is 14.2 Å². The molecule has 0 radical (unpaired) electrons. The van der Waals surface area contributed by atoms with Gasteiger partial charge in [-0.2, -0.15) is 0 Å². The van der Waals surface area contributed by atoms with Gasteiger partial charge in [0.2, 0.25) is 0 Å². The minimum absolute atomic E-state index is 0.0365. The van der Waals surface area contributed by atoms with Crippen molar-refractivity contribution in [3.63, 3.8) is 0 Å². The van der Waals surface area contributed by atoms with Gasteiger partial charge < -0.3 is 19.5 Å². The van der Waals surface area contributed by atoms with Gasteiger partial charge >= 0.3 is 11.9 Å². The van der Waals surface area contributed by atoms with Crippen molar-refractivity contribution >= 4 is 11.9 Å². The monoisotopic (exact) mass is 337 g/mol. The maximum atomic E-state index is 12.2. The third-order valence-electron chi connectivity index (χ3n) is 5.24. The molecule has 1 N–H and O–H groups in total. The van der Waals surface area contributed by atoms with E-state index in [1.54, 1.807) is 0 Å². The summed E-state index contributed by atoms with van der Waals surface area (Å²) in [5, 5.41) is 3.36. The van der Waals surface area contributed by atoms with Crippen LogP contribution in [0.3, 0.4) is 0 Å². The van der Waals surface area contributed by atoms with E-state index in [1.165, 1.54) is 0 Å². The third kappa shape index (κ3) is 4.36. The molecule has 3 fully saturated rings. The van der Waals surface area contributed by atoms with E-state index in [0.29, 0.717) is 31.5 Å². The van der Waals surface area contributed by atoms with Crippen molar-refractivity contribution in [2.45, 2.75) is 50.7 Å². The maximum absolute atomic E-state index is 12.2. The van der Waals surface area contributed by atoms with Gasteiger partial charge in [-0.05, 0) is 25.7 Å². The number of piperidine rings is 1. The molecule has 3 aliphatic rings. The zero-order valence-electron chi connectivity index (χ0n) is 14.1. The minimum atomic E-state index is -0.458. The van der Waals surface area contributed by atoms with Gasteiger partial charge in [-0.15, -0.1) is 0 Å². The number of esters is 2. The molecule has 2 aliphatic heterocycles. The van der Waals surface area contributed by atoms with Crippen LogP contribution < -0.4 is 5.32 Å². The quantitative estimate of drug-likeness (QED) is 0.607. The lowest BCUT2D eigenvalue weighted by Crippen LogP contribution is -2.44. The molecule has 0 aromatic heterocycles. The molecule has 0 aromatic carbocycles. The Morgan fingerprint density at radius 2 is 1.79 bits per heavy atom. The highest BCUT2D eigenvalue weighted by Crippen LogP contribution is 2.36. The Labute approximate surface area is 142 Å². The number of nitrogens with one attached hydrogen (secondary N) is 1. The standard InChI is InChI=1S/C18H27NO5/c1-12(9-16(20)23-15-3-2-7-22-8-6-15)18(21)24-17-13-4-5-14(17)11-19-10-13/h13-15,17,19H,1-11H2/t13-,14+,15?,17+. The molecule has 3 rings (SSSR count). The summed E-state index contributed by atoms with van der Waals surface area (Å²) in [7, 11) is 0. The van der Waals surface area contributed by atoms with Crippen LogP contribution >= 0.6 is 0 Å². The fourth-order valence-corrected chi connectivity index (χ4v) is 3.90. The number of hydrogen-bond donors (Lipinski definition) is 1. The summed E-state index contributed by atoms with van der Waals surface area (Å²) in [4.78, 5) is 24.3. The number of carbonyl (C=O) groups excluding carboxylic acids is 2. The number of hydrogen-bond acceptors (Lipinski definition) is 6. The molecule has 0 spiro atoms. The van der Waals surface area contributed by atoms with Gasteiger partial charge in [0.15, 0.2) is 0 Å². The second-order valence-electron chi connectivity index (χ2n) is 7.06. The molecule has 6 heteroatoms. The molecule has 134 valence electrons. The Kier molecular flexibility index (Phi) is 5.89. The van der Waals surface area contributed by atoms with E-state index in [2.05, 4.69) is 11.9 Å². The summed E-state index contributed by atoms with van der Waals surface area (Å²) in [6.45, 7) is 6.84. The second kappa shape index (κ2) is 8.12. The van der Waals surface area contributed by atoms with E-state index in [1.807, 2.05) is 0 Å². The maximum Gasteiger partial charge on any atom is 0.334 e. The minimum Gasteiger partial charge on any atom is -0.462 e. The van der Waals surface area contributed by atoms with E-state index >= 15 is 0 Å². The van der Waals surface area contributed by atoms with Crippen LogP contribution in [-0.2, 0) is 23.8 Å². The molecular weight excluding hydrogens is 310 g/mol. The zero-order chi connectivity index (χ0) is 16.9. The average Bonchev–Trinajstić information content (AvgIpc) is 2.79.